The molecule has 0 unspecified atom stereocenters. The zero-order valence-electron chi connectivity index (χ0n) is 9.09. The van der Waals surface area contributed by atoms with Crippen molar-refractivity contribution in [3.8, 4) is 0 Å². The van der Waals surface area contributed by atoms with Crippen LogP contribution in [0.15, 0.2) is 17.1 Å². The Labute approximate surface area is 106 Å². The first-order valence-corrected chi connectivity index (χ1v) is 5.55. The summed E-state index contributed by atoms with van der Waals surface area (Å²) in [5.41, 5.74) is -0.639. The zero-order chi connectivity index (χ0) is 13.3. The first-order valence-electron chi connectivity index (χ1n) is 5.14. The number of aromatic amines is 1. The van der Waals surface area contributed by atoms with Crippen molar-refractivity contribution < 1.29 is 24.9 Å². The molecule has 2 heterocycles. The van der Waals surface area contributed by atoms with Crippen LogP contribution in [0.3, 0.4) is 0 Å². The van der Waals surface area contributed by atoms with E-state index in [4.69, 9.17) is 26.9 Å². The Kier molecular flexibility index (Phi) is 3.78. The van der Waals surface area contributed by atoms with E-state index in [0.717, 1.165) is 4.73 Å². The minimum absolute atomic E-state index is 0.237. The normalized spacial score (nSPS) is 31.5. The quantitative estimate of drug-likeness (QED) is 0.462. The molecule has 0 saturated carbocycles. The van der Waals surface area contributed by atoms with Gasteiger partial charge < -0.3 is 24.9 Å². The van der Waals surface area contributed by atoms with Gasteiger partial charge in [-0.1, -0.05) is 12.2 Å². The molecule has 9 heteroatoms. The second kappa shape index (κ2) is 5.16. The summed E-state index contributed by atoms with van der Waals surface area (Å²) in [7, 11) is 0. The van der Waals surface area contributed by atoms with Gasteiger partial charge in [0.15, 0.2) is 0 Å². The van der Waals surface area contributed by atoms with Gasteiger partial charge in [0.25, 0.3) is 6.29 Å². The molecule has 0 bridgehead atoms. The number of aliphatic hydroxyl groups excluding tert-OH is 3. The van der Waals surface area contributed by atoms with Crippen molar-refractivity contribution >= 4 is 12.2 Å². The summed E-state index contributed by atoms with van der Waals surface area (Å²) < 4.78 is 6.08. The van der Waals surface area contributed by atoms with Gasteiger partial charge in [-0.15, -0.1) is 4.73 Å². The summed E-state index contributed by atoms with van der Waals surface area (Å²) in [6.07, 6.45) is -3.59. The fourth-order valence-corrected chi connectivity index (χ4v) is 1.70. The smallest absolute Gasteiger partial charge is 0.359 e. The molecular weight excluding hydrogens is 264 g/mol. The largest absolute Gasteiger partial charge is 0.394 e. The van der Waals surface area contributed by atoms with Crippen LogP contribution in [0, 0.1) is 4.64 Å². The lowest BCUT2D eigenvalue weighted by atomic mass is 10.1. The molecule has 0 amide bonds. The van der Waals surface area contributed by atoms with Crippen LogP contribution < -0.4 is 10.5 Å². The van der Waals surface area contributed by atoms with E-state index in [9.17, 15) is 15.0 Å². The van der Waals surface area contributed by atoms with Crippen molar-refractivity contribution in [1.82, 2.24) is 9.71 Å². The van der Waals surface area contributed by atoms with Gasteiger partial charge in [-0.25, -0.2) is 4.79 Å². The Morgan fingerprint density at radius 1 is 1.50 bits per heavy atom. The van der Waals surface area contributed by atoms with E-state index < -0.39 is 36.9 Å². The van der Waals surface area contributed by atoms with Crippen molar-refractivity contribution in [1.29, 1.82) is 0 Å². The van der Waals surface area contributed by atoms with Crippen molar-refractivity contribution in [3.05, 3.63) is 27.4 Å². The van der Waals surface area contributed by atoms with Crippen LogP contribution in [0.1, 0.15) is 0 Å². The van der Waals surface area contributed by atoms with Crippen LogP contribution in [0.25, 0.3) is 0 Å². The van der Waals surface area contributed by atoms with E-state index in [1.165, 1.54) is 12.3 Å². The number of aromatic nitrogens is 2. The highest BCUT2D eigenvalue weighted by molar-refractivity contribution is 7.71. The van der Waals surface area contributed by atoms with Crippen LogP contribution in [-0.2, 0) is 4.74 Å². The fourth-order valence-electron chi connectivity index (χ4n) is 1.55. The number of ether oxygens (including phenoxy) is 1. The molecule has 0 spiro atoms. The molecule has 0 aromatic carbocycles. The molecule has 4 atom stereocenters. The standard InChI is InChI=1S/C9H12N2O6S/c12-3-4-6(13)7(14)8(16-4)17-11-2-1-5(18)10-9(11)15/h1-2,4,6-8,12-14H,3H2,(H,10,15,18)/t4-,6-,7+,8-/m1/s1. The Hall–Kier alpha value is -1.26. The summed E-state index contributed by atoms with van der Waals surface area (Å²) in [6.45, 7) is -0.468. The van der Waals surface area contributed by atoms with Crippen molar-refractivity contribution in [3.63, 3.8) is 0 Å². The molecule has 8 nitrogen and oxygen atoms in total. The number of H-pyrrole nitrogens is 1. The average molecular weight is 276 g/mol. The third kappa shape index (κ3) is 2.44. The maximum absolute atomic E-state index is 11.4. The number of aliphatic hydroxyl groups is 3. The summed E-state index contributed by atoms with van der Waals surface area (Å²) in [6, 6.07) is 1.41. The topological polar surface area (TPSA) is 117 Å². The Balaban J connectivity index is 2.15. The van der Waals surface area contributed by atoms with Gasteiger partial charge in [-0.3, -0.25) is 4.98 Å². The molecular formula is C9H12N2O6S. The lowest BCUT2D eigenvalue weighted by Crippen LogP contribution is -2.41. The van der Waals surface area contributed by atoms with Crippen molar-refractivity contribution in [2.45, 2.75) is 24.6 Å². The monoisotopic (exact) mass is 276 g/mol. The highest BCUT2D eigenvalue weighted by Crippen LogP contribution is 2.19. The molecule has 0 aliphatic carbocycles. The number of nitrogens with one attached hydrogen (secondary N) is 1. The number of hydrogen-bond acceptors (Lipinski definition) is 7. The maximum Gasteiger partial charge on any atom is 0.359 e. The minimum atomic E-state index is -1.36. The minimum Gasteiger partial charge on any atom is -0.394 e. The van der Waals surface area contributed by atoms with Gasteiger partial charge in [-0.2, -0.15) is 0 Å². The Bertz CT molecular complexity index is 528. The van der Waals surface area contributed by atoms with Gasteiger partial charge in [0.2, 0.25) is 0 Å². The number of nitrogens with zero attached hydrogens (tertiary/aromatic N) is 1. The van der Waals surface area contributed by atoms with Crippen LogP contribution in [-0.4, -0.2) is 56.2 Å². The fraction of sp³-hybridized carbons (Fsp3) is 0.556. The molecule has 1 aromatic rings. The van der Waals surface area contributed by atoms with Gasteiger partial charge in [0, 0.05) is 0 Å². The molecule has 100 valence electrons. The Morgan fingerprint density at radius 2 is 2.22 bits per heavy atom. The Morgan fingerprint density at radius 3 is 2.78 bits per heavy atom. The van der Waals surface area contributed by atoms with E-state index in [-0.39, 0.29) is 4.64 Å². The van der Waals surface area contributed by atoms with Crippen LogP contribution >= 0.6 is 12.2 Å². The van der Waals surface area contributed by atoms with Gasteiger partial charge in [-0.05, 0) is 6.07 Å². The molecule has 1 aliphatic rings. The van der Waals surface area contributed by atoms with Crippen LogP contribution in [0.5, 0.6) is 0 Å². The number of hydrogen-bond donors (Lipinski definition) is 4. The molecule has 4 N–H and O–H groups in total. The first-order chi connectivity index (χ1) is 8.52. The lowest BCUT2D eigenvalue weighted by molar-refractivity contribution is -0.174. The highest BCUT2D eigenvalue weighted by Gasteiger charge is 2.44. The molecule has 1 aliphatic heterocycles. The molecule has 1 fully saturated rings. The number of rotatable bonds is 3. The molecule has 1 saturated heterocycles. The summed E-state index contributed by atoms with van der Waals surface area (Å²) in [5.74, 6) is 0. The lowest BCUT2D eigenvalue weighted by Gasteiger charge is -2.16. The predicted molar refractivity (Wildman–Crippen MR) is 60.2 cm³/mol. The van der Waals surface area contributed by atoms with E-state index in [1.807, 2.05) is 0 Å². The second-order valence-electron chi connectivity index (χ2n) is 3.75. The average Bonchev–Trinajstić information content (AvgIpc) is 2.60. The second-order valence-corrected chi connectivity index (χ2v) is 4.19. The predicted octanol–water partition coefficient (Wildman–Crippen LogP) is -2.23. The van der Waals surface area contributed by atoms with Crippen LogP contribution in [0.4, 0.5) is 0 Å². The van der Waals surface area contributed by atoms with Gasteiger partial charge in [0.1, 0.15) is 23.0 Å². The maximum atomic E-state index is 11.4. The van der Waals surface area contributed by atoms with Crippen molar-refractivity contribution in [2.24, 2.45) is 0 Å². The van der Waals surface area contributed by atoms with Crippen molar-refractivity contribution in [2.75, 3.05) is 6.61 Å². The zero-order valence-corrected chi connectivity index (χ0v) is 9.91. The SMILES string of the molecule is O=c1[nH]c(=S)ccn1O[C@H]1O[C@H](CO)[C@@H](O)[C@@H]1O. The summed E-state index contributed by atoms with van der Waals surface area (Å²) in [5, 5.41) is 28.0. The summed E-state index contributed by atoms with van der Waals surface area (Å²) in [4.78, 5) is 18.8. The molecule has 0 radical (unpaired) electrons. The third-order valence-electron chi connectivity index (χ3n) is 2.51. The van der Waals surface area contributed by atoms with Crippen LogP contribution in [0.2, 0.25) is 0 Å². The van der Waals surface area contributed by atoms with E-state index in [2.05, 4.69) is 4.98 Å². The summed E-state index contributed by atoms with van der Waals surface area (Å²) >= 11 is 4.74. The third-order valence-corrected chi connectivity index (χ3v) is 2.75. The van der Waals surface area contributed by atoms with E-state index in [0.29, 0.717) is 0 Å². The van der Waals surface area contributed by atoms with E-state index in [1.54, 1.807) is 0 Å². The molecule has 1 aromatic heterocycles. The van der Waals surface area contributed by atoms with Gasteiger partial charge in [0.05, 0.1) is 12.8 Å². The first kappa shape index (κ1) is 13.2. The highest BCUT2D eigenvalue weighted by atomic mass is 32.1. The van der Waals surface area contributed by atoms with E-state index >= 15 is 0 Å². The molecule has 18 heavy (non-hydrogen) atoms. The van der Waals surface area contributed by atoms with Gasteiger partial charge >= 0.3 is 5.69 Å². The molecule has 2 rings (SSSR count).